The van der Waals surface area contributed by atoms with Gasteiger partial charge < -0.3 is 5.73 Å². The predicted octanol–water partition coefficient (Wildman–Crippen LogP) is 1.91. The van der Waals surface area contributed by atoms with E-state index < -0.39 is 5.54 Å². The first-order chi connectivity index (χ1) is 5.97. The molecular weight excluding hydrogens is 165 g/mol. The van der Waals surface area contributed by atoms with Gasteiger partial charge in [-0.15, -0.1) is 0 Å². The van der Waals surface area contributed by atoms with E-state index in [2.05, 4.69) is 11.8 Å². The van der Waals surface area contributed by atoms with E-state index in [9.17, 15) is 4.39 Å². The molecule has 13 heavy (non-hydrogen) atoms. The van der Waals surface area contributed by atoms with E-state index in [1.807, 2.05) is 0 Å². The summed E-state index contributed by atoms with van der Waals surface area (Å²) in [5.74, 6) is 5.36. The first-order valence-electron chi connectivity index (χ1n) is 4.05. The number of halogens is 1. The van der Waals surface area contributed by atoms with Crippen molar-refractivity contribution in [1.29, 1.82) is 0 Å². The molecule has 0 radical (unpaired) electrons. The molecule has 0 heterocycles. The Labute approximate surface area is 77.8 Å². The Balaban J connectivity index is 2.90. The van der Waals surface area contributed by atoms with Crippen molar-refractivity contribution in [2.45, 2.75) is 19.4 Å². The van der Waals surface area contributed by atoms with Crippen LogP contribution in [0.2, 0.25) is 0 Å². The maximum Gasteiger partial charge on any atom is 0.124 e. The van der Waals surface area contributed by atoms with Crippen LogP contribution in [0.5, 0.6) is 0 Å². The van der Waals surface area contributed by atoms with E-state index in [0.717, 1.165) is 0 Å². The fourth-order valence-corrected chi connectivity index (χ4v) is 0.799. The number of hydrogen-bond donors (Lipinski definition) is 1. The van der Waals surface area contributed by atoms with E-state index in [4.69, 9.17) is 5.73 Å². The summed E-state index contributed by atoms with van der Waals surface area (Å²) < 4.78 is 12.7. The molecule has 0 bridgehead atoms. The molecule has 0 atom stereocenters. The zero-order valence-corrected chi connectivity index (χ0v) is 7.76. The van der Waals surface area contributed by atoms with Gasteiger partial charge in [0.15, 0.2) is 0 Å². The van der Waals surface area contributed by atoms with Crippen LogP contribution >= 0.6 is 0 Å². The van der Waals surface area contributed by atoms with E-state index in [1.54, 1.807) is 26.0 Å². The zero-order valence-electron chi connectivity index (χ0n) is 7.76. The van der Waals surface area contributed by atoms with Crippen molar-refractivity contribution in [3.63, 3.8) is 0 Å². The third-order valence-electron chi connectivity index (χ3n) is 1.35. The van der Waals surface area contributed by atoms with Gasteiger partial charge >= 0.3 is 0 Å². The molecule has 0 fully saturated rings. The number of rotatable bonds is 0. The van der Waals surface area contributed by atoms with Gasteiger partial charge in [0, 0.05) is 5.56 Å². The molecular formula is C11H12FN. The lowest BCUT2D eigenvalue weighted by Crippen LogP contribution is -2.29. The van der Waals surface area contributed by atoms with Crippen LogP contribution in [0.1, 0.15) is 19.4 Å². The van der Waals surface area contributed by atoms with Gasteiger partial charge in [0.05, 0.1) is 5.54 Å². The van der Waals surface area contributed by atoms with Crippen LogP contribution in [-0.4, -0.2) is 5.54 Å². The first kappa shape index (κ1) is 9.76. The van der Waals surface area contributed by atoms with Gasteiger partial charge in [-0.1, -0.05) is 17.9 Å². The van der Waals surface area contributed by atoms with E-state index in [0.29, 0.717) is 5.56 Å². The molecule has 0 saturated heterocycles. The molecule has 1 rings (SSSR count). The van der Waals surface area contributed by atoms with Gasteiger partial charge in [0.2, 0.25) is 0 Å². The second-order valence-electron chi connectivity index (χ2n) is 3.48. The largest absolute Gasteiger partial charge is 0.316 e. The van der Waals surface area contributed by atoms with Gasteiger partial charge in [-0.25, -0.2) is 4.39 Å². The van der Waals surface area contributed by atoms with Gasteiger partial charge in [-0.05, 0) is 32.0 Å². The number of nitrogens with two attached hydrogens (primary N) is 1. The Bertz CT molecular complexity index is 352. The third kappa shape index (κ3) is 3.73. The molecule has 1 aromatic carbocycles. The average molecular weight is 177 g/mol. The quantitative estimate of drug-likeness (QED) is 0.602. The standard InChI is InChI=1S/C11H12FN/c1-11(2,13)7-6-9-4-3-5-10(12)8-9/h3-5,8H,13H2,1-2H3. The van der Waals surface area contributed by atoms with Crippen molar-refractivity contribution < 1.29 is 4.39 Å². The van der Waals surface area contributed by atoms with Crippen molar-refractivity contribution in [3.05, 3.63) is 35.6 Å². The summed E-state index contributed by atoms with van der Waals surface area (Å²) in [5.41, 5.74) is 5.77. The van der Waals surface area contributed by atoms with Crippen LogP contribution in [0.15, 0.2) is 24.3 Å². The monoisotopic (exact) mass is 177 g/mol. The van der Waals surface area contributed by atoms with Crippen LogP contribution in [0.3, 0.4) is 0 Å². The minimum atomic E-state index is -0.535. The summed E-state index contributed by atoms with van der Waals surface area (Å²) in [6.45, 7) is 3.61. The molecule has 0 aromatic heterocycles. The van der Waals surface area contributed by atoms with Crippen LogP contribution in [0, 0.1) is 17.7 Å². The highest BCUT2D eigenvalue weighted by Gasteiger charge is 2.03. The smallest absolute Gasteiger partial charge is 0.124 e. The number of hydrogen-bond acceptors (Lipinski definition) is 1. The molecule has 0 aliphatic carbocycles. The maximum absolute atomic E-state index is 12.7. The van der Waals surface area contributed by atoms with Gasteiger partial charge in [-0.2, -0.15) is 0 Å². The van der Waals surface area contributed by atoms with E-state index in [1.165, 1.54) is 12.1 Å². The molecule has 2 N–H and O–H groups in total. The highest BCUT2D eigenvalue weighted by molar-refractivity contribution is 5.36. The fraction of sp³-hybridized carbons (Fsp3) is 0.273. The normalized spacial score (nSPS) is 10.5. The summed E-state index contributed by atoms with van der Waals surface area (Å²) in [6, 6.07) is 6.15. The van der Waals surface area contributed by atoms with Crippen LogP contribution in [0.4, 0.5) is 4.39 Å². The van der Waals surface area contributed by atoms with E-state index in [-0.39, 0.29) is 5.82 Å². The highest BCUT2D eigenvalue weighted by atomic mass is 19.1. The Morgan fingerprint density at radius 2 is 2.08 bits per heavy atom. The molecule has 68 valence electrons. The molecule has 0 aliphatic rings. The summed E-state index contributed by atoms with van der Waals surface area (Å²) in [6.07, 6.45) is 0. The Morgan fingerprint density at radius 3 is 2.62 bits per heavy atom. The lowest BCUT2D eigenvalue weighted by atomic mass is 10.1. The first-order valence-corrected chi connectivity index (χ1v) is 4.05. The Hall–Kier alpha value is -1.33. The van der Waals surface area contributed by atoms with Crippen LogP contribution in [-0.2, 0) is 0 Å². The maximum atomic E-state index is 12.7. The molecule has 1 nitrogen and oxygen atoms in total. The lowest BCUT2D eigenvalue weighted by molar-refractivity contribution is 0.627. The molecule has 0 aliphatic heterocycles. The Morgan fingerprint density at radius 1 is 1.38 bits per heavy atom. The number of benzene rings is 1. The van der Waals surface area contributed by atoms with Crippen molar-refractivity contribution in [2.75, 3.05) is 0 Å². The van der Waals surface area contributed by atoms with Crippen molar-refractivity contribution in [3.8, 4) is 11.8 Å². The summed E-state index contributed by atoms with van der Waals surface area (Å²) in [7, 11) is 0. The van der Waals surface area contributed by atoms with Crippen molar-refractivity contribution in [2.24, 2.45) is 5.73 Å². The molecule has 0 amide bonds. The lowest BCUT2D eigenvalue weighted by Gasteiger charge is -2.07. The molecule has 2 heteroatoms. The van der Waals surface area contributed by atoms with Gasteiger partial charge in [0.1, 0.15) is 5.82 Å². The van der Waals surface area contributed by atoms with Crippen molar-refractivity contribution >= 4 is 0 Å². The van der Waals surface area contributed by atoms with E-state index >= 15 is 0 Å². The fourth-order valence-electron chi connectivity index (χ4n) is 0.799. The van der Waals surface area contributed by atoms with Gasteiger partial charge in [0.25, 0.3) is 0 Å². The van der Waals surface area contributed by atoms with Gasteiger partial charge in [-0.3, -0.25) is 0 Å². The minimum Gasteiger partial charge on any atom is -0.316 e. The minimum absolute atomic E-state index is 0.276. The average Bonchev–Trinajstić information content (AvgIpc) is 2.00. The third-order valence-corrected chi connectivity index (χ3v) is 1.35. The molecule has 0 unspecified atom stereocenters. The van der Waals surface area contributed by atoms with Crippen molar-refractivity contribution in [1.82, 2.24) is 0 Å². The topological polar surface area (TPSA) is 26.0 Å². The van der Waals surface area contributed by atoms with Crippen LogP contribution in [0.25, 0.3) is 0 Å². The summed E-state index contributed by atoms with van der Waals surface area (Å²) >= 11 is 0. The highest BCUT2D eigenvalue weighted by Crippen LogP contribution is 2.02. The summed E-state index contributed by atoms with van der Waals surface area (Å²) in [5, 5.41) is 0. The Kier molecular flexibility index (Phi) is 2.69. The van der Waals surface area contributed by atoms with Crippen LogP contribution < -0.4 is 5.73 Å². The zero-order chi connectivity index (χ0) is 9.90. The summed E-state index contributed by atoms with van der Waals surface area (Å²) in [4.78, 5) is 0. The second-order valence-corrected chi connectivity index (χ2v) is 3.48. The SMILES string of the molecule is CC(C)(N)C#Cc1cccc(F)c1. The molecule has 0 spiro atoms. The molecule has 1 aromatic rings. The second kappa shape index (κ2) is 3.59. The molecule has 0 saturated carbocycles. The predicted molar refractivity (Wildman–Crippen MR) is 51.5 cm³/mol.